The number of imidazole rings is 1. The van der Waals surface area contributed by atoms with E-state index in [1.54, 1.807) is 20.8 Å². The van der Waals surface area contributed by atoms with Gasteiger partial charge in [0.25, 0.3) is 12.2 Å². The molecule has 170 valence electrons. The van der Waals surface area contributed by atoms with Crippen molar-refractivity contribution in [2.75, 3.05) is 13.2 Å². The Labute approximate surface area is 179 Å². The Balaban J connectivity index is 2.21. The van der Waals surface area contributed by atoms with E-state index in [4.69, 9.17) is 9.47 Å². The molecule has 1 aliphatic heterocycles. The highest BCUT2D eigenvalue weighted by atomic mass is 32.2. The lowest BCUT2D eigenvalue weighted by Crippen LogP contribution is -2.42. The van der Waals surface area contributed by atoms with Gasteiger partial charge in [-0.05, 0) is 29.6 Å². The van der Waals surface area contributed by atoms with E-state index in [9.17, 15) is 34.6 Å². The first-order valence-electron chi connectivity index (χ1n) is 9.24. The molecule has 2 rings (SSSR count). The maximum Gasteiger partial charge on any atom is 0.462 e. The number of nitrogens with zero attached hydrogens (tertiary/aromatic N) is 4. The van der Waals surface area contributed by atoms with E-state index in [-0.39, 0.29) is 13.2 Å². The lowest BCUT2D eigenvalue weighted by molar-refractivity contribution is -0.428. The van der Waals surface area contributed by atoms with Crippen molar-refractivity contribution >= 4 is 41.2 Å². The molecule has 1 fully saturated rings. The Morgan fingerprint density at radius 3 is 2.32 bits per heavy atom. The number of carbonyl (C=O) groups excluding carboxylic acids is 3. The van der Waals surface area contributed by atoms with Gasteiger partial charge >= 0.3 is 23.6 Å². The highest BCUT2D eigenvalue weighted by molar-refractivity contribution is 8.01. The van der Waals surface area contributed by atoms with Gasteiger partial charge in [-0.2, -0.15) is 4.57 Å². The van der Waals surface area contributed by atoms with E-state index in [0.717, 1.165) is 22.7 Å². The number of ether oxygens (including phenoxy) is 2. The first-order valence-corrected chi connectivity index (χ1v) is 10.2. The summed E-state index contributed by atoms with van der Waals surface area (Å²) in [5, 5.41) is 23.0. The summed E-state index contributed by atoms with van der Waals surface area (Å²) >= 11 is 1.01. The van der Waals surface area contributed by atoms with Gasteiger partial charge in [0.05, 0.1) is 24.5 Å². The summed E-state index contributed by atoms with van der Waals surface area (Å²) < 4.78 is 10.8. The molecule has 2 heterocycles. The average Bonchev–Trinajstić information content (AvgIpc) is 3.23. The molecule has 1 aromatic rings. The largest absolute Gasteiger partial charge is 0.466 e. The number of thioether (sulfide) groups is 1. The summed E-state index contributed by atoms with van der Waals surface area (Å²) in [6.07, 6.45) is 0.810. The fourth-order valence-corrected chi connectivity index (χ4v) is 4.82. The molecule has 0 aliphatic carbocycles. The van der Waals surface area contributed by atoms with Gasteiger partial charge in [-0.25, -0.2) is 0 Å². The van der Waals surface area contributed by atoms with Crippen LogP contribution in [0.4, 0.5) is 11.6 Å². The molecule has 14 nitrogen and oxygen atoms in total. The molecule has 1 N–H and O–H groups in total. The number of hydrogen-bond acceptors (Lipinski definition) is 11. The van der Waals surface area contributed by atoms with E-state index in [1.165, 1.54) is 0 Å². The third-order valence-corrected chi connectivity index (χ3v) is 6.11. The van der Waals surface area contributed by atoms with Gasteiger partial charge in [0.15, 0.2) is 6.54 Å². The average molecular weight is 459 g/mol. The molecule has 0 unspecified atom stereocenters. The topological polar surface area (TPSA) is 186 Å². The maximum atomic E-state index is 12.5. The number of nitro groups is 2. The Kier molecular flexibility index (Phi) is 7.90. The van der Waals surface area contributed by atoms with Crippen LogP contribution in [0, 0.1) is 32.1 Å². The van der Waals surface area contributed by atoms with Gasteiger partial charge < -0.3 is 35.0 Å². The molecule has 31 heavy (non-hydrogen) atoms. The van der Waals surface area contributed by atoms with Crippen molar-refractivity contribution in [3.63, 3.8) is 0 Å². The number of amides is 1. The van der Waals surface area contributed by atoms with Gasteiger partial charge in [-0.15, -0.1) is 11.8 Å². The highest BCUT2D eigenvalue weighted by Crippen LogP contribution is 2.43. The van der Waals surface area contributed by atoms with Gasteiger partial charge in [-0.3, -0.25) is 14.4 Å². The van der Waals surface area contributed by atoms with Crippen molar-refractivity contribution in [3.8, 4) is 0 Å². The molecule has 1 saturated heterocycles. The molecule has 1 aromatic heterocycles. The minimum absolute atomic E-state index is 0.0996. The monoisotopic (exact) mass is 459 g/mol. The fourth-order valence-electron chi connectivity index (χ4n) is 3.18. The zero-order valence-electron chi connectivity index (χ0n) is 16.9. The Morgan fingerprint density at radius 1 is 1.16 bits per heavy atom. The molecule has 1 aliphatic rings. The minimum Gasteiger partial charge on any atom is -0.466 e. The lowest BCUT2D eigenvalue weighted by Gasteiger charge is -2.21. The van der Waals surface area contributed by atoms with Crippen molar-refractivity contribution in [1.82, 2.24) is 14.9 Å². The second kappa shape index (κ2) is 10.2. The molecule has 0 bridgehead atoms. The number of hydrogen-bond donors (Lipinski definition) is 1. The van der Waals surface area contributed by atoms with Crippen LogP contribution in [0.3, 0.4) is 0 Å². The van der Waals surface area contributed by atoms with Crippen molar-refractivity contribution in [3.05, 3.63) is 26.6 Å². The molecular weight excluding hydrogens is 438 g/mol. The predicted octanol–water partition coefficient (Wildman–Crippen LogP) is 0.636. The molecular formula is C16H21N5O9S. The number of esters is 2. The molecule has 1 amide bonds. The molecule has 0 saturated carbocycles. The third-order valence-electron chi connectivity index (χ3n) is 4.50. The van der Waals surface area contributed by atoms with Crippen molar-refractivity contribution in [2.45, 2.75) is 37.9 Å². The summed E-state index contributed by atoms with van der Waals surface area (Å²) in [5.41, 5.74) is 0. The van der Waals surface area contributed by atoms with Crippen LogP contribution >= 0.6 is 11.8 Å². The van der Waals surface area contributed by atoms with Crippen molar-refractivity contribution in [2.24, 2.45) is 11.8 Å². The standard InChI is InChI=1S/C16H21N5O9S/c1-4-29-15(23)10-8(3)11(16(24)30-5-2)31-13(10)18-9(22)6-19-7-17-12(20(25)26)14(19)21(27)28/h7-8,10-11,13H,4-6H2,1-3H3,(H,18,22)/t8-,10+,11+,13-/m0/s1. The van der Waals surface area contributed by atoms with Crippen molar-refractivity contribution in [1.29, 1.82) is 0 Å². The van der Waals surface area contributed by atoms with E-state index in [0.29, 0.717) is 0 Å². The number of nitrogens with one attached hydrogen (secondary N) is 1. The maximum absolute atomic E-state index is 12.5. The zero-order chi connectivity index (χ0) is 23.3. The summed E-state index contributed by atoms with van der Waals surface area (Å²) in [4.78, 5) is 60.6. The van der Waals surface area contributed by atoms with E-state index in [2.05, 4.69) is 10.3 Å². The van der Waals surface area contributed by atoms with Gasteiger partial charge in [-0.1, -0.05) is 6.92 Å². The highest BCUT2D eigenvalue weighted by Gasteiger charge is 2.50. The SMILES string of the molecule is CCOC(=O)[C@@H]1[C@H](C)[C@H](C(=O)OCC)S[C@@H]1NC(=O)Cn1cnc([N+](=O)[O-])c1[N+](=O)[O-]. The quantitative estimate of drug-likeness (QED) is 0.310. The fraction of sp³-hybridized carbons (Fsp3) is 0.625. The van der Waals surface area contributed by atoms with Crippen molar-refractivity contribution < 1.29 is 33.7 Å². The number of rotatable bonds is 9. The van der Waals surface area contributed by atoms with Gasteiger partial charge in [0.1, 0.15) is 5.25 Å². The van der Waals surface area contributed by atoms with E-state index < -0.39 is 68.3 Å². The van der Waals surface area contributed by atoms with Crippen LogP contribution in [0.2, 0.25) is 0 Å². The molecule has 15 heteroatoms. The lowest BCUT2D eigenvalue weighted by atomic mass is 9.91. The van der Waals surface area contributed by atoms with Crippen LogP contribution in [0.5, 0.6) is 0 Å². The summed E-state index contributed by atoms with van der Waals surface area (Å²) in [6.45, 7) is 4.51. The summed E-state index contributed by atoms with van der Waals surface area (Å²) in [5.74, 6) is -5.23. The normalized spacial score (nSPS) is 22.5. The number of aromatic nitrogens is 2. The van der Waals surface area contributed by atoms with E-state index >= 15 is 0 Å². The summed E-state index contributed by atoms with van der Waals surface area (Å²) in [7, 11) is 0. The Bertz CT molecular complexity index is 889. The van der Waals surface area contributed by atoms with Crippen LogP contribution in [0.25, 0.3) is 0 Å². The second-order valence-electron chi connectivity index (χ2n) is 6.47. The Morgan fingerprint density at radius 2 is 1.77 bits per heavy atom. The van der Waals surface area contributed by atoms with Gasteiger partial charge in [0, 0.05) is 4.98 Å². The molecule has 0 aromatic carbocycles. The number of carbonyl (C=O) groups is 3. The molecule has 4 atom stereocenters. The Hall–Kier alpha value is -3.23. The first-order chi connectivity index (χ1) is 14.6. The second-order valence-corrected chi connectivity index (χ2v) is 7.76. The van der Waals surface area contributed by atoms with E-state index in [1.807, 2.05) is 0 Å². The first kappa shape index (κ1) is 24.0. The van der Waals surface area contributed by atoms with Crippen LogP contribution in [-0.2, 0) is 30.4 Å². The zero-order valence-corrected chi connectivity index (χ0v) is 17.7. The van der Waals surface area contributed by atoms with Gasteiger partial charge in [0.2, 0.25) is 0 Å². The van der Waals surface area contributed by atoms with Crippen LogP contribution in [0.1, 0.15) is 20.8 Å². The predicted molar refractivity (Wildman–Crippen MR) is 105 cm³/mol. The third kappa shape index (κ3) is 5.28. The smallest absolute Gasteiger partial charge is 0.462 e. The van der Waals surface area contributed by atoms with Crippen LogP contribution in [-0.4, -0.2) is 61.1 Å². The minimum atomic E-state index is -1.03. The molecule has 0 spiro atoms. The molecule has 0 radical (unpaired) electrons. The van der Waals surface area contributed by atoms with Crippen LogP contribution < -0.4 is 5.32 Å². The van der Waals surface area contributed by atoms with Crippen LogP contribution in [0.15, 0.2) is 6.33 Å². The summed E-state index contributed by atoms with van der Waals surface area (Å²) in [6, 6.07) is 0.